The van der Waals surface area contributed by atoms with Gasteiger partial charge in [0.15, 0.2) is 5.11 Å². The highest BCUT2D eigenvalue weighted by molar-refractivity contribution is 7.80. The standard InChI is InChI=1S/C23H33N7OS/c1-19-21(18-25-26-23(32)24-10-7-11-28-14-16-31-17-15-28)22(29-12-5-6-13-29)30(27-19)20-8-3-2-4-9-20/h2-4,8-9,18H,5-7,10-17H2,1H3,(H2,24,26,32)/b25-18+. The molecule has 2 aliphatic rings. The number of aromatic nitrogens is 2. The van der Waals surface area contributed by atoms with Crippen LogP contribution in [0, 0.1) is 6.92 Å². The number of hydrogen-bond donors (Lipinski definition) is 2. The van der Waals surface area contributed by atoms with Crippen LogP contribution in [0.1, 0.15) is 30.5 Å². The third kappa shape index (κ3) is 5.85. The van der Waals surface area contributed by atoms with Gasteiger partial charge in [-0.1, -0.05) is 18.2 Å². The van der Waals surface area contributed by atoms with Crippen LogP contribution < -0.4 is 15.6 Å². The first-order valence-electron chi connectivity index (χ1n) is 11.5. The predicted molar refractivity (Wildman–Crippen MR) is 133 cm³/mol. The van der Waals surface area contributed by atoms with Gasteiger partial charge in [0.1, 0.15) is 5.82 Å². The maximum Gasteiger partial charge on any atom is 0.186 e. The van der Waals surface area contributed by atoms with Crippen molar-refractivity contribution in [1.29, 1.82) is 0 Å². The van der Waals surface area contributed by atoms with E-state index in [1.807, 2.05) is 36.0 Å². The minimum atomic E-state index is 0.541. The Bertz CT molecular complexity index is 903. The first kappa shape index (κ1) is 22.7. The van der Waals surface area contributed by atoms with E-state index < -0.39 is 0 Å². The number of nitrogens with zero attached hydrogens (tertiary/aromatic N) is 5. The molecule has 1 aromatic carbocycles. The summed E-state index contributed by atoms with van der Waals surface area (Å²) in [6.45, 7) is 9.68. The molecule has 0 bridgehead atoms. The van der Waals surface area contributed by atoms with Crippen molar-refractivity contribution in [2.75, 3.05) is 57.4 Å². The largest absolute Gasteiger partial charge is 0.379 e. The van der Waals surface area contributed by atoms with Crippen LogP contribution in [0.2, 0.25) is 0 Å². The molecular weight excluding hydrogens is 422 g/mol. The number of nitrogens with one attached hydrogen (secondary N) is 2. The van der Waals surface area contributed by atoms with Crippen molar-refractivity contribution in [3.8, 4) is 5.69 Å². The van der Waals surface area contributed by atoms with Crippen molar-refractivity contribution in [1.82, 2.24) is 25.4 Å². The number of thiocarbonyl (C=S) groups is 1. The molecule has 2 saturated heterocycles. The third-order valence-electron chi connectivity index (χ3n) is 5.89. The number of para-hydroxylation sites is 1. The smallest absolute Gasteiger partial charge is 0.186 e. The number of morpholine rings is 1. The molecule has 0 atom stereocenters. The van der Waals surface area contributed by atoms with E-state index in [2.05, 4.69) is 37.8 Å². The van der Waals surface area contributed by atoms with Gasteiger partial charge in [-0.25, -0.2) is 4.68 Å². The van der Waals surface area contributed by atoms with E-state index in [-0.39, 0.29) is 0 Å². The summed E-state index contributed by atoms with van der Waals surface area (Å²) in [6, 6.07) is 10.3. The summed E-state index contributed by atoms with van der Waals surface area (Å²) in [7, 11) is 0. The highest BCUT2D eigenvalue weighted by Gasteiger charge is 2.23. The summed E-state index contributed by atoms with van der Waals surface area (Å²) >= 11 is 5.39. The van der Waals surface area contributed by atoms with E-state index in [4.69, 9.17) is 22.1 Å². The maximum absolute atomic E-state index is 5.39. The number of benzene rings is 1. The van der Waals surface area contributed by atoms with Crippen molar-refractivity contribution < 1.29 is 4.74 Å². The van der Waals surface area contributed by atoms with Gasteiger partial charge in [0, 0.05) is 32.7 Å². The van der Waals surface area contributed by atoms with Crippen LogP contribution in [0.4, 0.5) is 5.82 Å². The van der Waals surface area contributed by atoms with Crippen molar-refractivity contribution in [3.63, 3.8) is 0 Å². The molecule has 0 unspecified atom stereocenters. The van der Waals surface area contributed by atoms with Gasteiger partial charge in [-0.15, -0.1) is 0 Å². The van der Waals surface area contributed by atoms with Gasteiger partial charge in [0.05, 0.1) is 36.4 Å². The normalized spacial score (nSPS) is 17.2. The Morgan fingerprint density at radius 1 is 1.16 bits per heavy atom. The average Bonchev–Trinajstić information content (AvgIpc) is 3.46. The molecule has 2 aliphatic heterocycles. The number of anilines is 1. The third-order valence-corrected chi connectivity index (χ3v) is 6.12. The Morgan fingerprint density at radius 2 is 1.91 bits per heavy atom. The molecule has 2 aromatic rings. The van der Waals surface area contributed by atoms with Crippen molar-refractivity contribution in [2.45, 2.75) is 26.2 Å². The molecule has 8 nitrogen and oxygen atoms in total. The Morgan fingerprint density at radius 3 is 2.66 bits per heavy atom. The van der Waals surface area contributed by atoms with Crippen LogP contribution in [0.5, 0.6) is 0 Å². The first-order chi connectivity index (χ1) is 15.7. The van der Waals surface area contributed by atoms with E-state index >= 15 is 0 Å². The summed E-state index contributed by atoms with van der Waals surface area (Å²) in [5.74, 6) is 1.10. The lowest BCUT2D eigenvalue weighted by Crippen LogP contribution is -2.39. The van der Waals surface area contributed by atoms with Crippen LogP contribution in [0.15, 0.2) is 35.4 Å². The number of aryl methyl sites for hydroxylation is 1. The Balaban J connectivity index is 1.35. The number of hydrazone groups is 1. The van der Waals surface area contributed by atoms with E-state index in [0.29, 0.717) is 5.11 Å². The Kier molecular flexibility index (Phi) is 8.08. The van der Waals surface area contributed by atoms with E-state index in [0.717, 1.165) is 81.7 Å². The Labute approximate surface area is 195 Å². The van der Waals surface area contributed by atoms with Gasteiger partial charge in [-0.3, -0.25) is 10.3 Å². The monoisotopic (exact) mass is 455 g/mol. The van der Waals surface area contributed by atoms with Crippen LogP contribution in [-0.4, -0.2) is 78.5 Å². The molecule has 2 fully saturated rings. The summed E-state index contributed by atoms with van der Waals surface area (Å²) in [5, 5.41) is 13.0. The topological polar surface area (TPSA) is 70.0 Å². The molecule has 4 rings (SSSR count). The predicted octanol–water partition coefficient (Wildman–Crippen LogP) is 2.30. The van der Waals surface area contributed by atoms with Gasteiger partial charge in [0.2, 0.25) is 0 Å². The molecule has 0 radical (unpaired) electrons. The van der Waals surface area contributed by atoms with Crippen LogP contribution >= 0.6 is 12.2 Å². The molecule has 0 aliphatic carbocycles. The zero-order chi connectivity index (χ0) is 22.2. The summed E-state index contributed by atoms with van der Waals surface area (Å²) in [6.07, 6.45) is 5.28. The minimum Gasteiger partial charge on any atom is -0.379 e. The number of rotatable bonds is 8. The molecule has 32 heavy (non-hydrogen) atoms. The molecule has 3 heterocycles. The van der Waals surface area contributed by atoms with Gasteiger partial charge in [0.25, 0.3) is 0 Å². The second kappa shape index (κ2) is 11.4. The lowest BCUT2D eigenvalue weighted by atomic mass is 10.2. The second-order valence-electron chi connectivity index (χ2n) is 8.20. The fourth-order valence-electron chi connectivity index (χ4n) is 4.19. The summed E-state index contributed by atoms with van der Waals surface area (Å²) < 4.78 is 7.42. The fraction of sp³-hybridized carbons (Fsp3) is 0.522. The van der Waals surface area contributed by atoms with Crippen molar-refractivity contribution >= 4 is 29.4 Å². The van der Waals surface area contributed by atoms with Gasteiger partial charge < -0.3 is 15.0 Å². The van der Waals surface area contributed by atoms with E-state index in [9.17, 15) is 0 Å². The minimum absolute atomic E-state index is 0.541. The molecule has 2 N–H and O–H groups in total. The van der Waals surface area contributed by atoms with Gasteiger partial charge in [-0.05, 0) is 57.1 Å². The van der Waals surface area contributed by atoms with Crippen molar-refractivity contribution in [3.05, 3.63) is 41.6 Å². The quantitative estimate of drug-likeness (QED) is 0.274. The highest BCUT2D eigenvalue weighted by Crippen LogP contribution is 2.28. The zero-order valence-electron chi connectivity index (χ0n) is 18.8. The van der Waals surface area contributed by atoms with E-state index in [1.165, 1.54) is 12.8 Å². The van der Waals surface area contributed by atoms with Crippen molar-refractivity contribution in [2.24, 2.45) is 5.10 Å². The lowest BCUT2D eigenvalue weighted by Gasteiger charge is -2.26. The average molecular weight is 456 g/mol. The SMILES string of the molecule is Cc1nn(-c2ccccc2)c(N2CCCC2)c1/C=N/NC(=S)NCCCN1CCOCC1. The molecular formula is C23H33N7OS. The zero-order valence-corrected chi connectivity index (χ0v) is 19.6. The second-order valence-corrected chi connectivity index (χ2v) is 8.61. The number of hydrogen-bond acceptors (Lipinski definition) is 6. The first-order valence-corrected chi connectivity index (χ1v) is 11.9. The highest BCUT2D eigenvalue weighted by atomic mass is 32.1. The molecule has 0 spiro atoms. The van der Waals surface area contributed by atoms with E-state index in [1.54, 1.807) is 0 Å². The van der Waals surface area contributed by atoms with Crippen LogP contribution in [-0.2, 0) is 4.74 Å². The van der Waals surface area contributed by atoms with Crippen LogP contribution in [0.3, 0.4) is 0 Å². The Hall–Kier alpha value is -2.49. The molecule has 9 heteroatoms. The lowest BCUT2D eigenvalue weighted by molar-refractivity contribution is 0.0376. The maximum atomic E-state index is 5.39. The van der Waals surface area contributed by atoms with Crippen LogP contribution in [0.25, 0.3) is 5.69 Å². The van der Waals surface area contributed by atoms with Gasteiger partial charge in [-0.2, -0.15) is 10.2 Å². The number of ether oxygens (including phenoxy) is 1. The molecule has 0 amide bonds. The summed E-state index contributed by atoms with van der Waals surface area (Å²) in [4.78, 5) is 4.82. The fourth-order valence-corrected chi connectivity index (χ4v) is 4.34. The molecule has 1 aromatic heterocycles. The molecule has 0 saturated carbocycles. The summed E-state index contributed by atoms with van der Waals surface area (Å²) in [5.41, 5.74) is 6.00. The van der Waals surface area contributed by atoms with Gasteiger partial charge >= 0.3 is 0 Å². The molecule has 172 valence electrons.